The highest BCUT2D eigenvalue weighted by molar-refractivity contribution is 6.30. The van der Waals surface area contributed by atoms with Crippen LogP contribution < -0.4 is 10.1 Å². The molecule has 27 heavy (non-hydrogen) atoms. The molecule has 0 aliphatic carbocycles. The Kier molecular flexibility index (Phi) is 4.56. The molecule has 4 rings (SSSR count). The average molecular weight is 384 g/mol. The summed E-state index contributed by atoms with van der Waals surface area (Å²) < 4.78 is 6.00. The van der Waals surface area contributed by atoms with Gasteiger partial charge in [0.1, 0.15) is 11.4 Å². The van der Waals surface area contributed by atoms with Gasteiger partial charge in [-0.15, -0.1) is 0 Å². The number of hydrogen-bond acceptors (Lipinski definition) is 3. The van der Waals surface area contributed by atoms with Crippen LogP contribution in [0.3, 0.4) is 0 Å². The fourth-order valence-electron chi connectivity index (χ4n) is 3.37. The van der Waals surface area contributed by atoms with Crippen molar-refractivity contribution in [1.82, 2.24) is 5.01 Å². The Morgan fingerprint density at radius 2 is 1.96 bits per heavy atom. The molecule has 0 saturated heterocycles. The molecule has 0 bridgehead atoms. The van der Waals surface area contributed by atoms with E-state index in [2.05, 4.69) is 24.3 Å². The quantitative estimate of drug-likeness (QED) is 0.785. The third-order valence-corrected chi connectivity index (χ3v) is 5.16. The van der Waals surface area contributed by atoms with Crippen molar-refractivity contribution in [3.8, 4) is 5.75 Å². The van der Waals surface area contributed by atoms with Crippen molar-refractivity contribution in [1.29, 1.82) is 0 Å². The summed E-state index contributed by atoms with van der Waals surface area (Å²) in [6.07, 6.45) is 2.62. The van der Waals surface area contributed by atoms with Crippen LogP contribution in [0.15, 0.2) is 47.6 Å². The normalized spacial score (nSPS) is 17.7. The highest BCUT2D eigenvalue weighted by atomic mass is 35.5. The lowest BCUT2D eigenvalue weighted by Gasteiger charge is -2.32. The molecule has 0 unspecified atom stereocenters. The summed E-state index contributed by atoms with van der Waals surface area (Å²) >= 11 is 5.93. The highest BCUT2D eigenvalue weighted by Crippen LogP contribution is 2.34. The molecule has 6 heteroatoms. The maximum absolute atomic E-state index is 12.6. The minimum Gasteiger partial charge on any atom is -0.488 e. The number of halogens is 1. The summed E-state index contributed by atoms with van der Waals surface area (Å²) in [5.41, 5.74) is 3.63. The van der Waals surface area contributed by atoms with Crippen molar-refractivity contribution in [2.75, 3.05) is 11.9 Å². The van der Waals surface area contributed by atoms with Crippen LogP contribution in [0.2, 0.25) is 5.02 Å². The predicted octanol–water partition coefficient (Wildman–Crippen LogP) is 5.09. The van der Waals surface area contributed by atoms with E-state index in [1.54, 1.807) is 0 Å². The number of aryl methyl sites for hydroxylation is 1. The maximum Gasteiger partial charge on any atom is 0.342 e. The number of rotatable bonds is 2. The molecule has 0 aromatic heterocycles. The number of nitrogens with one attached hydrogen (secondary N) is 1. The Balaban J connectivity index is 1.45. The second-order valence-corrected chi connectivity index (χ2v) is 7.98. The third-order valence-electron chi connectivity index (χ3n) is 4.91. The number of ether oxygens (including phenoxy) is 1. The van der Waals surface area contributed by atoms with E-state index in [9.17, 15) is 4.79 Å². The lowest BCUT2D eigenvalue weighted by molar-refractivity contribution is 0.0847. The topological polar surface area (TPSA) is 53.9 Å². The Hall–Kier alpha value is -2.53. The fraction of sp³-hybridized carbons (Fsp3) is 0.333. The summed E-state index contributed by atoms with van der Waals surface area (Å²) in [6, 6.07) is 13.1. The first-order chi connectivity index (χ1) is 12.9. The molecule has 2 aliphatic heterocycles. The highest BCUT2D eigenvalue weighted by Gasteiger charge is 2.27. The van der Waals surface area contributed by atoms with Crippen LogP contribution in [0.1, 0.15) is 37.8 Å². The van der Waals surface area contributed by atoms with Crippen LogP contribution in [0.4, 0.5) is 10.5 Å². The van der Waals surface area contributed by atoms with Gasteiger partial charge >= 0.3 is 6.03 Å². The van der Waals surface area contributed by atoms with Crippen molar-refractivity contribution in [2.24, 2.45) is 5.10 Å². The van der Waals surface area contributed by atoms with E-state index in [1.807, 2.05) is 42.5 Å². The minimum absolute atomic E-state index is 0.139. The van der Waals surface area contributed by atoms with Crippen LogP contribution in [-0.2, 0) is 6.42 Å². The van der Waals surface area contributed by atoms with Crippen LogP contribution >= 0.6 is 11.6 Å². The number of hydrazone groups is 1. The van der Waals surface area contributed by atoms with E-state index in [4.69, 9.17) is 16.3 Å². The van der Waals surface area contributed by atoms with Gasteiger partial charge in [0.2, 0.25) is 0 Å². The number of benzene rings is 2. The van der Waals surface area contributed by atoms with Crippen molar-refractivity contribution >= 4 is 29.0 Å². The van der Waals surface area contributed by atoms with E-state index in [-0.39, 0.29) is 11.6 Å². The van der Waals surface area contributed by atoms with Gasteiger partial charge in [0, 0.05) is 17.1 Å². The summed E-state index contributed by atoms with van der Waals surface area (Å²) in [6.45, 7) is 4.75. The third kappa shape index (κ3) is 3.93. The van der Waals surface area contributed by atoms with Crippen LogP contribution in [-0.4, -0.2) is 28.9 Å². The number of hydrogen-bond donors (Lipinski definition) is 1. The Bertz CT molecular complexity index is 906. The molecule has 2 aliphatic rings. The van der Waals surface area contributed by atoms with E-state index < -0.39 is 0 Å². The Morgan fingerprint density at radius 1 is 1.19 bits per heavy atom. The number of carbonyl (C=O) groups is 1. The van der Waals surface area contributed by atoms with Crippen LogP contribution in [0, 0.1) is 0 Å². The Labute approximate surface area is 164 Å². The minimum atomic E-state index is -0.226. The molecule has 2 heterocycles. The van der Waals surface area contributed by atoms with Gasteiger partial charge in [0.15, 0.2) is 0 Å². The van der Waals surface area contributed by atoms with Crippen molar-refractivity contribution < 1.29 is 9.53 Å². The zero-order valence-electron chi connectivity index (χ0n) is 15.5. The SMILES string of the molecule is CC1(C)CCc2cc(NC(=O)N3CCC(c4ccc(Cl)cc4)=N3)ccc2O1. The summed E-state index contributed by atoms with van der Waals surface area (Å²) in [7, 11) is 0. The first-order valence-corrected chi connectivity index (χ1v) is 9.51. The maximum atomic E-state index is 12.6. The number of carbonyl (C=O) groups excluding carboxylic acids is 1. The molecule has 5 nitrogen and oxygen atoms in total. The van der Waals surface area contributed by atoms with Crippen molar-refractivity contribution in [2.45, 2.75) is 38.7 Å². The molecular formula is C21H22ClN3O2. The van der Waals surface area contributed by atoms with Crippen molar-refractivity contribution in [3.05, 3.63) is 58.6 Å². The number of urea groups is 1. The second kappa shape index (κ2) is 6.89. The molecule has 2 aromatic rings. The predicted molar refractivity (Wildman–Crippen MR) is 108 cm³/mol. The molecule has 2 aromatic carbocycles. The standard InChI is InChI=1S/C21H22ClN3O2/c1-21(2)11-9-15-13-17(7-8-19(15)27-21)23-20(26)25-12-10-18(24-25)14-3-5-16(22)6-4-14/h3-8,13H,9-12H2,1-2H3,(H,23,26). The molecule has 0 saturated carbocycles. The molecule has 0 fully saturated rings. The van der Waals surface area contributed by atoms with Gasteiger partial charge < -0.3 is 10.1 Å². The molecule has 0 spiro atoms. The molecule has 0 atom stereocenters. The van der Waals surface area contributed by atoms with Crippen LogP contribution in [0.5, 0.6) is 5.75 Å². The van der Waals surface area contributed by atoms with Crippen LogP contribution in [0.25, 0.3) is 0 Å². The largest absolute Gasteiger partial charge is 0.488 e. The lowest BCUT2D eigenvalue weighted by Crippen LogP contribution is -2.32. The van der Waals surface area contributed by atoms with Gasteiger partial charge in [-0.3, -0.25) is 0 Å². The van der Waals surface area contributed by atoms with E-state index in [0.717, 1.165) is 47.5 Å². The van der Waals surface area contributed by atoms with Gasteiger partial charge in [0.05, 0.1) is 12.3 Å². The number of anilines is 1. The van der Waals surface area contributed by atoms with Gasteiger partial charge in [-0.25, -0.2) is 9.80 Å². The van der Waals surface area contributed by atoms with E-state index >= 15 is 0 Å². The molecular weight excluding hydrogens is 362 g/mol. The van der Waals surface area contributed by atoms with Gasteiger partial charge in [-0.2, -0.15) is 5.10 Å². The lowest BCUT2D eigenvalue weighted by atomic mass is 9.94. The molecule has 2 amide bonds. The molecule has 1 N–H and O–H groups in total. The van der Waals surface area contributed by atoms with Gasteiger partial charge in [-0.1, -0.05) is 23.7 Å². The number of fused-ring (bicyclic) bond motifs is 1. The zero-order valence-corrected chi connectivity index (χ0v) is 16.2. The first kappa shape index (κ1) is 17.9. The summed E-state index contributed by atoms with van der Waals surface area (Å²) in [5.74, 6) is 0.897. The fourth-order valence-corrected chi connectivity index (χ4v) is 3.50. The Morgan fingerprint density at radius 3 is 2.74 bits per heavy atom. The summed E-state index contributed by atoms with van der Waals surface area (Å²) in [4.78, 5) is 12.6. The van der Waals surface area contributed by atoms with Crippen molar-refractivity contribution in [3.63, 3.8) is 0 Å². The first-order valence-electron chi connectivity index (χ1n) is 9.13. The number of amides is 2. The van der Waals surface area contributed by atoms with E-state index in [1.165, 1.54) is 5.01 Å². The van der Waals surface area contributed by atoms with Gasteiger partial charge in [-0.05, 0) is 68.1 Å². The smallest absolute Gasteiger partial charge is 0.342 e. The molecule has 140 valence electrons. The number of nitrogens with zero attached hydrogens (tertiary/aromatic N) is 2. The zero-order chi connectivity index (χ0) is 19.0. The van der Waals surface area contributed by atoms with E-state index in [0.29, 0.717) is 11.6 Å². The monoisotopic (exact) mass is 383 g/mol. The average Bonchev–Trinajstić information content (AvgIpc) is 3.12. The second-order valence-electron chi connectivity index (χ2n) is 7.54. The molecule has 0 radical (unpaired) electrons. The van der Waals surface area contributed by atoms with Gasteiger partial charge in [0.25, 0.3) is 0 Å². The summed E-state index contributed by atoms with van der Waals surface area (Å²) in [5, 5.41) is 9.56.